The van der Waals surface area contributed by atoms with Gasteiger partial charge in [0.25, 0.3) is 5.91 Å². The van der Waals surface area contributed by atoms with E-state index in [1.165, 1.54) is 17.0 Å². The number of carbonyl (C=O) groups is 2. The Hall–Kier alpha value is -2.99. The van der Waals surface area contributed by atoms with Crippen LogP contribution in [0.25, 0.3) is 0 Å². The molecule has 1 atom stereocenters. The summed E-state index contributed by atoms with van der Waals surface area (Å²) in [5, 5.41) is 2.89. The summed E-state index contributed by atoms with van der Waals surface area (Å²) in [6, 6.07) is 18.3. The van der Waals surface area contributed by atoms with Crippen LogP contribution in [-0.4, -0.2) is 23.3 Å². The highest BCUT2D eigenvalue weighted by atomic mass is 79.9. The van der Waals surface area contributed by atoms with Crippen LogP contribution in [0.15, 0.2) is 71.2 Å². The minimum absolute atomic E-state index is 0.115. The van der Waals surface area contributed by atoms with Crippen molar-refractivity contribution in [3.8, 4) is 0 Å². The first-order valence-corrected chi connectivity index (χ1v) is 9.94. The van der Waals surface area contributed by atoms with Gasteiger partial charge < -0.3 is 10.2 Å². The summed E-state index contributed by atoms with van der Waals surface area (Å²) >= 11 is 3.43. The molecule has 0 saturated carbocycles. The molecule has 29 heavy (non-hydrogen) atoms. The van der Waals surface area contributed by atoms with Crippen molar-refractivity contribution < 1.29 is 14.0 Å². The molecule has 0 unspecified atom stereocenters. The number of hydrogen-bond acceptors (Lipinski definition) is 2. The lowest BCUT2D eigenvalue weighted by Crippen LogP contribution is -2.39. The van der Waals surface area contributed by atoms with Gasteiger partial charge in [0.1, 0.15) is 12.4 Å². The number of amides is 2. The van der Waals surface area contributed by atoms with Crippen molar-refractivity contribution in [1.82, 2.24) is 4.90 Å². The molecule has 3 aromatic rings. The number of nitrogens with one attached hydrogen (secondary N) is 1. The van der Waals surface area contributed by atoms with Crippen molar-refractivity contribution in [2.24, 2.45) is 0 Å². The number of benzene rings is 3. The quantitative estimate of drug-likeness (QED) is 0.589. The number of halogens is 2. The minimum Gasteiger partial charge on any atom is -0.324 e. The fraction of sp³-hybridized carbons (Fsp3) is 0.130. The maximum absolute atomic E-state index is 13.6. The molecule has 2 amide bonds. The van der Waals surface area contributed by atoms with Crippen LogP contribution in [0.1, 0.15) is 33.1 Å². The lowest BCUT2D eigenvalue weighted by atomic mass is 9.94. The van der Waals surface area contributed by atoms with Crippen LogP contribution in [0.4, 0.5) is 10.1 Å². The van der Waals surface area contributed by atoms with Crippen molar-refractivity contribution in [3.05, 3.63) is 99.3 Å². The smallest absolute Gasteiger partial charge is 0.256 e. The van der Waals surface area contributed by atoms with Gasteiger partial charge in [-0.2, -0.15) is 0 Å². The molecule has 4 rings (SSSR count). The van der Waals surface area contributed by atoms with Gasteiger partial charge in [-0.15, -0.1) is 0 Å². The fourth-order valence-electron chi connectivity index (χ4n) is 3.61. The van der Waals surface area contributed by atoms with E-state index < -0.39 is 6.04 Å². The van der Waals surface area contributed by atoms with Gasteiger partial charge in [-0.1, -0.05) is 42.0 Å². The molecule has 0 spiro atoms. The molecule has 1 aliphatic rings. The summed E-state index contributed by atoms with van der Waals surface area (Å²) in [6.45, 7) is 1.84. The number of fused-ring (bicyclic) bond motifs is 1. The predicted molar refractivity (Wildman–Crippen MR) is 113 cm³/mol. The minimum atomic E-state index is -0.538. The van der Waals surface area contributed by atoms with Gasteiger partial charge in [-0.25, -0.2) is 4.39 Å². The number of carbonyl (C=O) groups excluding carboxylic acids is 2. The molecule has 0 aromatic heterocycles. The van der Waals surface area contributed by atoms with Gasteiger partial charge in [0.05, 0.1) is 11.6 Å². The van der Waals surface area contributed by atoms with Gasteiger partial charge in [0.15, 0.2) is 0 Å². The number of aryl methyl sites for hydroxylation is 1. The van der Waals surface area contributed by atoms with Crippen molar-refractivity contribution >= 4 is 33.4 Å². The SMILES string of the molecule is Cc1ccc2c(c1)[C@@H](c1ccc(F)cc1)N(C(=O)c1ccccc1Br)CC(=O)N2. The first-order valence-electron chi connectivity index (χ1n) is 9.15. The lowest BCUT2D eigenvalue weighted by Gasteiger charge is -2.31. The molecule has 0 aliphatic carbocycles. The van der Waals surface area contributed by atoms with Crippen LogP contribution < -0.4 is 5.32 Å². The summed E-state index contributed by atoms with van der Waals surface area (Å²) in [6.07, 6.45) is 0. The van der Waals surface area contributed by atoms with Crippen molar-refractivity contribution in [2.75, 3.05) is 11.9 Å². The molecule has 146 valence electrons. The molecule has 0 fully saturated rings. The summed E-state index contributed by atoms with van der Waals surface area (Å²) < 4.78 is 14.2. The van der Waals surface area contributed by atoms with Crippen molar-refractivity contribution in [3.63, 3.8) is 0 Å². The summed E-state index contributed by atoms with van der Waals surface area (Å²) in [5.41, 5.74) is 3.64. The molecule has 1 N–H and O–H groups in total. The first-order chi connectivity index (χ1) is 13.9. The third-order valence-electron chi connectivity index (χ3n) is 4.95. The largest absolute Gasteiger partial charge is 0.324 e. The zero-order valence-electron chi connectivity index (χ0n) is 15.7. The number of hydrogen-bond donors (Lipinski definition) is 1. The number of nitrogens with zero attached hydrogens (tertiary/aromatic N) is 1. The van der Waals surface area contributed by atoms with Gasteiger partial charge in [0, 0.05) is 15.7 Å². The summed E-state index contributed by atoms with van der Waals surface area (Å²) in [7, 11) is 0. The normalized spacial score (nSPS) is 16.0. The van der Waals surface area contributed by atoms with Crippen LogP contribution in [0, 0.1) is 12.7 Å². The van der Waals surface area contributed by atoms with E-state index in [1.54, 1.807) is 30.3 Å². The highest BCUT2D eigenvalue weighted by Gasteiger charge is 2.34. The number of rotatable bonds is 2. The zero-order chi connectivity index (χ0) is 20.5. The van der Waals surface area contributed by atoms with Gasteiger partial charge >= 0.3 is 0 Å². The van der Waals surface area contributed by atoms with Crippen molar-refractivity contribution in [2.45, 2.75) is 13.0 Å². The Balaban J connectivity index is 1.91. The van der Waals surface area contributed by atoms with E-state index in [0.717, 1.165) is 16.7 Å². The van der Waals surface area contributed by atoms with E-state index in [-0.39, 0.29) is 24.2 Å². The van der Waals surface area contributed by atoms with E-state index in [1.807, 2.05) is 31.2 Å². The van der Waals surface area contributed by atoms with Crippen LogP contribution in [0.5, 0.6) is 0 Å². The third kappa shape index (κ3) is 3.80. The zero-order valence-corrected chi connectivity index (χ0v) is 17.2. The van der Waals surface area contributed by atoms with E-state index in [0.29, 0.717) is 15.7 Å². The van der Waals surface area contributed by atoms with Crippen LogP contribution in [-0.2, 0) is 4.79 Å². The second-order valence-corrected chi connectivity index (χ2v) is 7.86. The molecule has 0 saturated heterocycles. The lowest BCUT2D eigenvalue weighted by molar-refractivity contribution is -0.117. The Bertz CT molecular complexity index is 1100. The molecule has 0 bridgehead atoms. The maximum Gasteiger partial charge on any atom is 0.256 e. The van der Waals surface area contributed by atoms with E-state index >= 15 is 0 Å². The Labute approximate surface area is 176 Å². The third-order valence-corrected chi connectivity index (χ3v) is 5.64. The average molecular weight is 453 g/mol. The Kier molecular flexibility index (Phi) is 5.20. The summed E-state index contributed by atoms with van der Waals surface area (Å²) in [5.74, 6) is -0.916. The molecule has 0 radical (unpaired) electrons. The summed E-state index contributed by atoms with van der Waals surface area (Å²) in [4.78, 5) is 27.7. The molecule has 3 aromatic carbocycles. The van der Waals surface area contributed by atoms with Gasteiger partial charge in [-0.3, -0.25) is 9.59 Å². The first kappa shape index (κ1) is 19.3. The molecule has 1 heterocycles. The molecular weight excluding hydrogens is 435 g/mol. The van der Waals surface area contributed by atoms with Gasteiger partial charge in [0.2, 0.25) is 5.91 Å². The van der Waals surface area contributed by atoms with E-state index in [9.17, 15) is 14.0 Å². The monoisotopic (exact) mass is 452 g/mol. The topological polar surface area (TPSA) is 49.4 Å². The predicted octanol–water partition coefficient (Wildman–Crippen LogP) is 5.08. The molecule has 6 heteroatoms. The second-order valence-electron chi connectivity index (χ2n) is 7.01. The maximum atomic E-state index is 13.6. The highest BCUT2D eigenvalue weighted by molar-refractivity contribution is 9.10. The van der Waals surface area contributed by atoms with Crippen molar-refractivity contribution in [1.29, 1.82) is 0 Å². The molecule has 4 nitrogen and oxygen atoms in total. The average Bonchev–Trinajstić information content (AvgIpc) is 2.84. The Morgan fingerprint density at radius 2 is 1.83 bits per heavy atom. The highest BCUT2D eigenvalue weighted by Crippen LogP contribution is 2.37. The van der Waals surface area contributed by atoms with Gasteiger partial charge in [-0.05, 0) is 58.7 Å². The van der Waals surface area contributed by atoms with E-state index in [4.69, 9.17) is 0 Å². The van der Waals surface area contributed by atoms with E-state index in [2.05, 4.69) is 21.2 Å². The number of anilines is 1. The second kappa shape index (κ2) is 7.79. The van der Waals surface area contributed by atoms with Crippen LogP contribution in [0.3, 0.4) is 0 Å². The molecular formula is C23H18BrFN2O2. The fourth-order valence-corrected chi connectivity index (χ4v) is 4.06. The molecule has 1 aliphatic heterocycles. The Morgan fingerprint density at radius 1 is 1.10 bits per heavy atom. The Morgan fingerprint density at radius 3 is 2.55 bits per heavy atom. The standard InChI is InChI=1S/C23H18BrFN2O2/c1-14-6-11-20-18(12-14)22(15-7-9-16(25)10-8-15)27(13-21(28)26-20)23(29)17-4-2-3-5-19(17)24/h2-12,22H,13H2,1H3,(H,26,28)/t22-/m1/s1. The van der Waals surface area contributed by atoms with Crippen LogP contribution in [0.2, 0.25) is 0 Å². The van der Waals surface area contributed by atoms with Crippen LogP contribution >= 0.6 is 15.9 Å².